The van der Waals surface area contributed by atoms with Gasteiger partial charge in [-0.2, -0.15) is 0 Å². The minimum atomic E-state index is 1.29. The quantitative estimate of drug-likeness (QED) is 0.250. The fourth-order valence-electron chi connectivity index (χ4n) is 4.82. The summed E-state index contributed by atoms with van der Waals surface area (Å²) in [5, 5.41) is 10.5. The summed E-state index contributed by atoms with van der Waals surface area (Å²) in [4.78, 5) is 0. The standard InChI is InChI=1S/C30H22/c1-19-11-13-25(29-17-23-9-5-3-7-21(23)15-27(19)29)26-14-12-20(2)28-16-22-8-4-6-10-24(22)18-30(26)28/h3-18H,1-2H3. The molecule has 0 N–H and O–H groups in total. The molecule has 0 aromatic heterocycles. The largest absolute Gasteiger partial charge is 0.0616 e. The first-order valence-electron chi connectivity index (χ1n) is 10.5. The summed E-state index contributed by atoms with van der Waals surface area (Å²) in [6.45, 7) is 4.42. The number of hydrogen-bond donors (Lipinski definition) is 0. The van der Waals surface area contributed by atoms with Gasteiger partial charge in [-0.25, -0.2) is 0 Å². The Morgan fingerprint density at radius 1 is 0.367 bits per heavy atom. The van der Waals surface area contributed by atoms with Crippen molar-refractivity contribution in [2.24, 2.45) is 0 Å². The Bertz CT molecular complexity index is 1480. The molecular weight excluding hydrogens is 360 g/mol. The molecule has 6 aromatic carbocycles. The van der Waals surface area contributed by atoms with E-state index >= 15 is 0 Å². The van der Waals surface area contributed by atoms with Crippen LogP contribution in [0.4, 0.5) is 0 Å². The first-order chi connectivity index (χ1) is 14.7. The number of aryl methyl sites for hydroxylation is 2. The zero-order valence-electron chi connectivity index (χ0n) is 17.2. The van der Waals surface area contributed by atoms with E-state index in [2.05, 4.69) is 111 Å². The van der Waals surface area contributed by atoms with E-state index in [9.17, 15) is 0 Å². The normalized spacial score (nSPS) is 11.7. The molecule has 142 valence electrons. The molecule has 0 unspecified atom stereocenters. The molecule has 0 bridgehead atoms. The molecule has 0 saturated heterocycles. The highest BCUT2D eigenvalue weighted by molar-refractivity contribution is 6.12. The lowest BCUT2D eigenvalue weighted by molar-refractivity contribution is 1.52. The van der Waals surface area contributed by atoms with E-state index in [1.165, 1.54) is 65.3 Å². The lowest BCUT2D eigenvalue weighted by Gasteiger charge is -2.15. The molecule has 0 saturated carbocycles. The molecule has 0 spiro atoms. The molecule has 30 heavy (non-hydrogen) atoms. The van der Waals surface area contributed by atoms with Crippen molar-refractivity contribution in [1.82, 2.24) is 0 Å². The molecule has 0 aliphatic carbocycles. The van der Waals surface area contributed by atoms with Crippen molar-refractivity contribution in [2.75, 3.05) is 0 Å². The van der Waals surface area contributed by atoms with Gasteiger partial charge in [0.05, 0.1) is 0 Å². The fraction of sp³-hybridized carbons (Fsp3) is 0.0667. The van der Waals surface area contributed by atoms with Gasteiger partial charge in [0.15, 0.2) is 0 Å². The Kier molecular flexibility index (Phi) is 3.70. The van der Waals surface area contributed by atoms with Gasteiger partial charge < -0.3 is 0 Å². The van der Waals surface area contributed by atoms with Gasteiger partial charge in [0, 0.05) is 0 Å². The predicted molar refractivity (Wildman–Crippen MR) is 131 cm³/mol. The van der Waals surface area contributed by atoms with Crippen LogP contribution in [0.15, 0.2) is 97.1 Å². The van der Waals surface area contributed by atoms with Crippen LogP contribution >= 0.6 is 0 Å². The molecule has 6 aromatic rings. The number of rotatable bonds is 1. The van der Waals surface area contributed by atoms with Crippen molar-refractivity contribution in [1.29, 1.82) is 0 Å². The van der Waals surface area contributed by atoms with Gasteiger partial charge in [-0.05, 0) is 103 Å². The van der Waals surface area contributed by atoms with Crippen molar-refractivity contribution in [3.8, 4) is 11.1 Å². The first kappa shape index (κ1) is 17.2. The lowest BCUT2D eigenvalue weighted by atomic mass is 9.89. The molecule has 0 aliphatic heterocycles. The summed E-state index contributed by atoms with van der Waals surface area (Å²) in [6.07, 6.45) is 0. The van der Waals surface area contributed by atoms with Gasteiger partial charge in [-0.15, -0.1) is 0 Å². The van der Waals surface area contributed by atoms with E-state index in [0.717, 1.165) is 0 Å². The maximum Gasteiger partial charge on any atom is -0.00961 e. The third kappa shape index (κ3) is 2.54. The second-order valence-corrected chi connectivity index (χ2v) is 8.35. The highest BCUT2D eigenvalue weighted by Gasteiger charge is 2.12. The Hall–Kier alpha value is -3.64. The van der Waals surface area contributed by atoms with Gasteiger partial charge in [0.2, 0.25) is 0 Å². The molecule has 0 heterocycles. The van der Waals surface area contributed by atoms with Crippen LogP contribution in [-0.2, 0) is 0 Å². The molecule has 6 rings (SSSR count). The van der Waals surface area contributed by atoms with E-state index in [1.54, 1.807) is 0 Å². The summed E-state index contributed by atoms with van der Waals surface area (Å²) in [5.74, 6) is 0. The highest BCUT2D eigenvalue weighted by atomic mass is 14.2. The lowest BCUT2D eigenvalue weighted by Crippen LogP contribution is -1.89. The van der Waals surface area contributed by atoms with Crippen LogP contribution in [0.3, 0.4) is 0 Å². The molecule has 0 nitrogen and oxygen atoms in total. The van der Waals surface area contributed by atoms with Crippen LogP contribution < -0.4 is 0 Å². The molecule has 0 radical (unpaired) electrons. The zero-order valence-corrected chi connectivity index (χ0v) is 17.2. The summed E-state index contributed by atoms with van der Waals surface area (Å²) < 4.78 is 0. The maximum atomic E-state index is 2.36. The smallest absolute Gasteiger partial charge is 0.00961 e. The Morgan fingerprint density at radius 3 is 1.07 bits per heavy atom. The summed E-state index contributed by atoms with van der Waals surface area (Å²) in [7, 11) is 0. The highest BCUT2D eigenvalue weighted by Crippen LogP contribution is 2.39. The average Bonchev–Trinajstić information content (AvgIpc) is 2.78. The second kappa shape index (κ2) is 6.43. The predicted octanol–water partition coefficient (Wildman–Crippen LogP) is 8.58. The van der Waals surface area contributed by atoms with Crippen LogP contribution in [0, 0.1) is 13.8 Å². The van der Waals surface area contributed by atoms with Gasteiger partial charge in [0.1, 0.15) is 0 Å². The van der Waals surface area contributed by atoms with E-state index in [4.69, 9.17) is 0 Å². The van der Waals surface area contributed by atoms with Gasteiger partial charge in [0.25, 0.3) is 0 Å². The maximum absolute atomic E-state index is 2.36. The van der Waals surface area contributed by atoms with E-state index < -0.39 is 0 Å². The van der Waals surface area contributed by atoms with Crippen LogP contribution in [0.5, 0.6) is 0 Å². The summed E-state index contributed by atoms with van der Waals surface area (Å²) in [5.41, 5.74) is 5.26. The molecule has 0 atom stereocenters. The molecule has 0 fully saturated rings. The van der Waals surface area contributed by atoms with Gasteiger partial charge in [-0.1, -0.05) is 72.8 Å². The molecule has 0 heteroatoms. The first-order valence-corrected chi connectivity index (χ1v) is 10.5. The van der Waals surface area contributed by atoms with Crippen molar-refractivity contribution in [3.63, 3.8) is 0 Å². The third-order valence-corrected chi connectivity index (χ3v) is 6.49. The monoisotopic (exact) mass is 382 g/mol. The molecular formula is C30H22. The summed E-state index contributed by atoms with van der Waals surface area (Å²) in [6, 6.07) is 35.8. The van der Waals surface area contributed by atoms with Crippen molar-refractivity contribution in [2.45, 2.75) is 13.8 Å². The Balaban J connectivity index is 1.75. The zero-order chi connectivity index (χ0) is 20.2. The van der Waals surface area contributed by atoms with Gasteiger partial charge in [-0.3, -0.25) is 0 Å². The molecule has 0 aliphatic rings. The van der Waals surface area contributed by atoms with Crippen LogP contribution in [-0.4, -0.2) is 0 Å². The summed E-state index contributed by atoms with van der Waals surface area (Å²) >= 11 is 0. The fourth-order valence-corrected chi connectivity index (χ4v) is 4.82. The number of fused-ring (bicyclic) bond motifs is 4. The van der Waals surface area contributed by atoms with Gasteiger partial charge >= 0.3 is 0 Å². The van der Waals surface area contributed by atoms with Crippen LogP contribution in [0.25, 0.3) is 54.2 Å². The van der Waals surface area contributed by atoms with E-state index in [0.29, 0.717) is 0 Å². The third-order valence-electron chi connectivity index (χ3n) is 6.49. The van der Waals surface area contributed by atoms with Crippen LogP contribution in [0.2, 0.25) is 0 Å². The SMILES string of the molecule is Cc1ccc(-c2ccc(C)c3cc4ccccc4cc23)c2cc3ccccc3cc12. The van der Waals surface area contributed by atoms with Crippen molar-refractivity contribution >= 4 is 43.1 Å². The van der Waals surface area contributed by atoms with E-state index in [-0.39, 0.29) is 0 Å². The van der Waals surface area contributed by atoms with Crippen molar-refractivity contribution < 1.29 is 0 Å². The van der Waals surface area contributed by atoms with Crippen LogP contribution in [0.1, 0.15) is 11.1 Å². The minimum Gasteiger partial charge on any atom is -0.0616 e. The minimum absolute atomic E-state index is 1.29. The van der Waals surface area contributed by atoms with E-state index in [1.807, 2.05) is 0 Å². The Morgan fingerprint density at radius 2 is 0.700 bits per heavy atom. The molecule has 0 amide bonds. The number of benzene rings is 6. The Labute approximate surface area is 176 Å². The number of hydrogen-bond acceptors (Lipinski definition) is 0. The topological polar surface area (TPSA) is 0 Å². The second-order valence-electron chi connectivity index (χ2n) is 8.35. The average molecular weight is 383 g/mol. The van der Waals surface area contributed by atoms with Crippen molar-refractivity contribution in [3.05, 3.63) is 108 Å².